The number of hydrogen-bond acceptors (Lipinski definition) is 7. The zero-order valence-corrected chi connectivity index (χ0v) is 13.0. The van der Waals surface area contributed by atoms with Gasteiger partial charge in [-0.3, -0.25) is 4.79 Å². The van der Waals surface area contributed by atoms with Crippen LogP contribution in [0.3, 0.4) is 0 Å². The van der Waals surface area contributed by atoms with Gasteiger partial charge >= 0.3 is 0 Å². The molecule has 0 bridgehead atoms. The maximum Gasteiger partial charge on any atom is 0.241 e. The van der Waals surface area contributed by atoms with Gasteiger partial charge in [-0.15, -0.1) is 0 Å². The fourth-order valence-electron chi connectivity index (χ4n) is 1.47. The van der Waals surface area contributed by atoms with Gasteiger partial charge in [0.2, 0.25) is 5.91 Å². The molecule has 0 radical (unpaired) electrons. The van der Waals surface area contributed by atoms with Crippen molar-refractivity contribution in [3.63, 3.8) is 0 Å². The Labute approximate surface area is 117 Å². The van der Waals surface area contributed by atoms with E-state index in [-0.39, 0.29) is 23.2 Å². The van der Waals surface area contributed by atoms with E-state index in [1.165, 1.54) is 4.90 Å². The van der Waals surface area contributed by atoms with Crippen LogP contribution in [0.5, 0.6) is 0 Å². The Balaban J connectivity index is 3.17. The second-order valence-electron chi connectivity index (χ2n) is 4.28. The molecular weight excluding hydrogens is 288 g/mol. The van der Waals surface area contributed by atoms with Crippen molar-refractivity contribution in [1.29, 1.82) is 0 Å². The molecule has 0 atom stereocenters. The molecule has 7 nitrogen and oxygen atoms in total. The maximum atomic E-state index is 11.7. The Morgan fingerprint density at radius 2 is 2.00 bits per heavy atom. The molecule has 2 N–H and O–H groups in total. The van der Waals surface area contributed by atoms with Crippen molar-refractivity contribution in [3.8, 4) is 0 Å². The van der Waals surface area contributed by atoms with Crippen LogP contribution in [-0.4, -0.2) is 57.0 Å². The smallest absolute Gasteiger partial charge is 0.241 e. The normalized spacial score (nSPS) is 11.4. The number of likely N-dealkylation sites (N-methyl/N-ethyl adjacent to an activating group) is 2. The van der Waals surface area contributed by atoms with Crippen molar-refractivity contribution in [1.82, 2.24) is 9.27 Å². The van der Waals surface area contributed by atoms with Gasteiger partial charge in [0.1, 0.15) is 9.90 Å². The topological polar surface area (TPSA) is 96.6 Å². The Kier molecular flexibility index (Phi) is 4.75. The number of nitrogen functional groups attached to an aromatic ring is 1. The summed E-state index contributed by atoms with van der Waals surface area (Å²) in [6.45, 7) is 2.42. The molecule has 0 fully saturated rings. The summed E-state index contributed by atoms with van der Waals surface area (Å²) < 4.78 is 27.4. The van der Waals surface area contributed by atoms with Gasteiger partial charge < -0.3 is 15.5 Å². The van der Waals surface area contributed by atoms with Crippen molar-refractivity contribution >= 4 is 38.1 Å². The Bertz CT molecular complexity index is 565. The first-order chi connectivity index (χ1) is 8.68. The van der Waals surface area contributed by atoms with Gasteiger partial charge in [0.15, 0.2) is 15.7 Å². The highest BCUT2D eigenvalue weighted by molar-refractivity contribution is 7.91. The number of carbonyl (C=O) groups excluding carboxylic acids is 1. The molecule has 0 aliphatic heterocycles. The number of nitrogens with two attached hydrogens (primary N) is 1. The quantitative estimate of drug-likeness (QED) is 0.825. The van der Waals surface area contributed by atoms with Gasteiger partial charge in [0.05, 0.1) is 6.54 Å². The van der Waals surface area contributed by atoms with E-state index in [1.54, 1.807) is 19.0 Å². The lowest BCUT2D eigenvalue weighted by molar-refractivity contribution is -0.127. The average molecular weight is 306 g/mol. The van der Waals surface area contributed by atoms with Crippen LogP contribution in [0.4, 0.5) is 10.8 Å². The predicted molar refractivity (Wildman–Crippen MR) is 76.2 cm³/mol. The number of nitrogens with zero attached hydrogens (tertiary/aromatic N) is 3. The standard InChI is InChI=1S/C10H18N4O3S2/c1-5-14(6-7(15)13(2)3)10-8(19(4,16)17)9(11)12-18-10/h5-6H2,1-4H3,(H2,11,12). The predicted octanol–water partition coefficient (Wildman–Crippen LogP) is 0.0433. The van der Waals surface area contributed by atoms with E-state index < -0.39 is 9.84 Å². The maximum absolute atomic E-state index is 11.7. The van der Waals surface area contributed by atoms with E-state index in [0.29, 0.717) is 11.5 Å². The molecule has 1 aromatic rings. The third-order valence-electron chi connectivity index (χ3n) is 2.52. The van der Waals surface area contributed by atoms with Crippen LogP contribution in [0.1, 0.15) is 6.92 Å². The number of rotatable bonds is 5. The molecule has 0 aliphatic carbocycles. The molecule has 1 rings (SSSR count). The lowest BCUT2D eigenvalue weighted by Gasteiger charge is -2.23. The number of aromatic nitrogens is 1. The molecule has 0 saturated carbocycles. The number of hydrogen-bond donors (Lipinski definition) is 1. The van der Waals surface area contributed by atoms with E-state index in [9.17, 15) is 13.2 Å². The largest absolute Gasteiger partial charge is 0.382 e. The summed E-state index contributed by atoms with van der Waals surface area (Å²) in [5.41, 5.74) is 5.61. The van der Waals surface area contributed by atoms with E-state index >= 15 is 0 Å². The van der Waals surface area contributed by atoms with Gasteiger partial charge in [0, 0.05) is 26.9 Å². The van der Waals surface area contributed by atoms with Gasteiger partial charge in [0.25, 0.3) is 0 Å². The third-order valence-corrected chi connectivity index (χ3v) is 4.72. The summed E-state index contributed by atoms with van der Waals surface area (Å²) in [7, 11) is -0.181. The Morgan fingerprint density at radius 3 is 2.42 bits per heavy atom. The van der Waals surface area contributed by atoms with E-state index in [0.717, 1.165) is 17.8 Å². The molecule has 0 unspecified atom stereocenters. The molecule has 19 heavy (non-hydrogen) atoms. The van der Waals surface area contributed by atoms with E-state index in [1.807, 2.05) is 6.92 Å². The second kappa shape index (κ2) is 5.74. The van der Waals surface area contributed by atoms with Crippen molar-refractivity contribution in [2.24, 2.45) is 0 Å². The van der Waals surface area contributed by atoms with Gasteiger partial charge in [-0.2, -0.15) is 4.37 Å². The van der Waals surface area contributed by atoms with Crippen LogP contribution in [0.2, 0.25) is 0 Å². The highest BCUT2D eigenvalue weighted by atomic mass is 32.2. The first-order valence-electron chi connectivity index (χ1n) is 5.58. The molecule has 1 heterocycles. The average Bonchev–Trinajstić information content (AvgIpc) is 2.66. The van der Waals surface area contributed by atoms with Crippen molar-refractivity contribution in [2.75, 3.05) is 44.1 Å². The summed E-state index contributed by atoms with van der Waals surface area (Å²) >= 11 is 0.990. The van der Waals surface area contributed by atoms with Crippen LogP contribution in [0.15, 0.2) is 4.90 Å². The summed E-state index contributed by atoms with van der Waals surface area (Å²) in [5, 5.41) is 0.415. The molecule has 0 aromatic carbocycles. The highest BCUT2D eigenvalue weighted by Gasteiger charge is 2.26. The molecule has 1 aromatic heterocycles. The fourth-order valence-corrected chi connectivity index (χ4v) is 3.73. The molecule has 108 valence electrons. The third kappa shape index (κ3) is 3.57. The minimum Gasteiger partial charge on any atom is -0.382 e. The highest BCUT2D eigenvalue weighted by Crippen LogP contribution is 2.34. The number of carbonyl (C=O) groups is 1. The van der Waals surface area contributed by atoms with Crippen molar-refractivity contribution in [2.45, 2.75) is 11.8 Å². The molecule has 1 amide bonds. The van der Waals surface area contributed by atoms with Gasteiger partial charge in [-0.05, 0) is 18.5 Å². The van der Waals surface area contributed by atoms with E-state index in [4.69, 9.17) is 5.73 Å². The first kappa shape index (κ1) is 15.7. The van der Waals surface area contributed by atoms with Crippen LogP contribution in [-0.2, 0) is 14.6 Å². The van der Waals surface area contributed by atoms with Gasteiger partial charge in [-0.25, -0.2) is 8.42 Å². The zero-order chi connectivity index (χ0) is 14.8. The lowest BCUT2D eigenvalue weighted by atomic mass is 10.4. The minimum absolute atomic E-state index is 0.00547. The zero-order valence-electron chi connectivity index (χ0n) is 11.4. The first-order valence-corrected chi connectivity index (χ1v) is 8.25. The van der Waals surface area contributed by atoms with Crippen LogP contribution >= 0.6 is 11.5 Å². The lowest BCUT2D eigenvalue weighted by Crippen LogP contribution is -2.36. The molecule has 0 saturated heterocycles. The monoisotopic (exact) mass is 306 g/mol. The summed E-state index contributed by atoms with van der Waals surface area (Å²) in [6, 6.07) is 0. The second-order valence-corrected chi connectivity index (χ2v) is 6.98. The minimum atomic E-state index is -3.48. The molecule has 0 aliphatic rings. The SMILES string of the molecule is CCN(CC(=O)N(C)C)c1snc(N)c1S(C)(=O)=O. The number of sulfone groups is 1. The van der Waals surface area contributed by atoms with Crippen LogP contribution in [0.25, 0.3) is 0 Å². The van der Waals surface area contributed by atoms with Crippen molar-refractivity contribution in [3.05, 3.63) is 0 Å². The molecular formula is C10H18N4O3S2. The van der Waals surface area contributed by atoms with E-state index in [2.05, 4.69) is 4.37 Å². The van der Waals surface area contributed by atoms with Crippen LogP contribution in [0, 0.1) is 0 Å². The Morgan fingerprint density at radius 1 is 1.42 bits per heavy atom. The molecule has 9 heteroatoms. The number of amides is 1. The summed E-state index contributed by atoms with van der Waals surface area (Å²) in [4.78, 5) is 14.9. The number of anilines is 2. The molecule has 0 spiro atoms. The Hall–Kier alpha value is -1.35. The fraction of sp³-hybridized carbons (Fsp3) is 0.600. The summed E-state index contributed by atoms with van der Waals surface area (Å²) in [5.74, 6) is -0.133. The van der Waals surface area contributed by atoms with Crippen molar-refractivity contribution < 1.29 is 13.2 Å². The van der Waals surface area contributed by atoms with Gasteiger partial charge in [-0.1, -0.05) is 0 Å². The van der Waals surface area contributed by atoms with Crippen LogP contribution < -0.4 is 10.6 Å². The summed E-state index contributed by atoms with van der Waals surface area (Å²) in [6.07, 6.45) is 1.08.